The Morgan fingerprint density at radius 1 is 1.13 bits per heavy atom. The van der Waals surface area contributed by atoms with E-state index in [2.05, 4.69) is 5.32 Å². The number of nitrogens with zero attached hydrogens (tertiary/aromatic N) is 1. The van der Waals surface area contributed by atoms with E-state index in [4.69, 9.17) is 9.47 Å². The molecule has 3 rings (SSSR count). The zero-order valence-corrected chi connectivity index (χ0v) is 16.8. The third-order valence-corrected chi connectivity index (χ3v) is 4.71. The van der Waals surface area contributed by atoms with E-state index in [0.717, 1.165) is 17.7 Å². The Kier molecular flexibility index (Phi) is 7.21. The lowest BCUT2D eigenvalue weighted by molar-refractivity contribution is -0.128. The van der Waals surface area contributed by atoms with Crippen LogP contribution in [0.4, 0.5) is 5.69 Å². The minimum absolute atomic E-state index is 0.0855. The molecule has 7 nitrogen and oxygen atoms in total. The molecule has 1 heterocycles. The highest BCUT2D eigenvalue weighted by atomic mass is 16.5. The lowest BCUT2D eigenvalue weighted by Gasteiger charge is -2.15. The SMILES string of the molecule is COc1ccc(C=CC(=O)Nc2ccccc2C(=O)OCCN2CCCC2=O)cc1. The minimum atomic E-state index is -0.545. The molecule has 30 heavy (non-hydrogen) atoms. The Bertz CT molecular complexity index is 937. The summed E-state index contributed by atoms with van der Waals surface area (Å²) in [5.74, 6) is -0.0918. The lowest BCUT2D eigenvalue weighted by Crippen LogP contribution is -2.29. The number of para-hydroxylation sites is 1. The topological polar surface area (TPSA) is 84.9 Å². The number of carbonyl (C=O) groups excluding carboxylic acids is 3. The van der Waals surface area contributed by atoms with E-state index in [1.807, 2.05) is 12.1 Å². The van der Waals surface area contributed by atoms with Gasteiger partial charge in [0.15, 0.2) is 0 Å². The summed E-state index contributed by atoms with van der Waals surface area (Å²) >= 11 is 0. The molecule has 1 aliphatic rings. The van der Waals surface area contributed by atoms with Crippen LogP contribution in [0.15, 0.2) is 54.6 Å². The molecule has 7 heteroatoms. The van der Waals surface area contributed by atoms with Crippen molar-refractivity contribution in [2.45, 2.75) is 12.8 Å². The second-order valence-electron chi connectivity index (χ2n) is 6.76. The van der Waals surface area contributed by atoms with Crippen LogP contribution in [0.25, 0.3) is 6.08 Å². The molecule has 0 unspecified atom stereocenters. The van der Waals surface area contributed by atoms with Gasteiger partial charge in [-0.2, -0.15) is 0 Å². The molecule has 2 aromatic rings. The van der Waals surface area contributed by atoms with E-state index in [-0.39, 0.29) is 24.0 Å². The maximum absolute atomic E-state index is 12.4. The zero-order chi connectivity index (χ0) is 21.3. The van der Waals surface area contributed by atoms with Gasteiger partial charge in [-0.1, -0.05) is 24.3 Å². The molecule has 0 atom stereocenters. The van der Waals surface area contributed by atoms with Gasteiger partial charge in [0.2, 0.25) is 11.8 Å². The van der Waals surface area contributed by atoms with Crippen LogP contribution in [0.1, 0.15) is 28.8 Å². The van der Waals surface area contributed by atoms with Crippen molar-refractivity contribution in [1.82, 2.24) is 4.90 Å². The van der Waals surface area contributed by atoms with Gasteiger partial charge in [-0.3, -0.25) is 9.59 Å². The highest BCUT2D eigenvalue weighted by Gasteiger charge is 2.20. The van der Waals surface area contributed by atoms with Gasteiger partial charge < -0.3 is 19.7 Å². The summed E-state index contributed by atoms with van der Waals surface area (Å²) in [5.41, 5.74) is 1.47. The monoisotopic (exact) mass is 408 g/mol. The highest BCUT2D eigenvalue weighted by molar-refractivity contribution is 6.06. The largest absolute Gasteiger partial charge is 0.497 e. The maximum Gasteiger partial charge on any atom is 0.340 e. The molecular weight excluding hydrogens is 384 g/mol. The number of methoxy groups -OCH3 is 1. The Hall–Kier alpha value is -3.61. The van der Waals surface area contributed by atoms with E-state index in [1.165, 1.54) is 6.08 Å². The predicted octanol–water partition coefficient (Wildman–Crippen LogP) is 3.13. The summed E-state index contributed by atoms with van der Waals surface area (Å²) in [6.07, 6.45) is 4.45. The van der Waals surface area contributed by atoms with E-state index < -0.39 is 5.97 Å². The number of nitrogens with one attached hydrogen (secondary N) is 1. The first-order chi connectivity index (χ1) is 14.6. The van der Waals surface area contributed by atoms with Crippen LogP contribution in [0.3, 0.4) is 0 Å². The summed E-state index contributed by atoms with van der Waals surface area (Å²) in [6.45, 7) is 1.19. The van der Waals surface area contributed by atoms with Crippen molar-refractivity contribution < 1.29 is 23.9 Å². The van der Waals surface area contributed by atoms with Gasteiger partial charge in [0.1, 0.15) is 12.4 Å². The number of amides is 2. The van der Waals surface area contributed by atoms with Crippen molar-refractivity contribution in [2.75, 3.05) is 32.1 Å². The number of likely N-dealkylation sites (tertiary alicyclic amines) is 1. The molecule has 0 bridgehead atoms. The fourth-order valence-electron chi connectivity index (χ4n) is 3.10. The maximum atomic E-state index is 12.4. The molecule has 1 saturated heterocycles. The fourth-order valence-corrected chi connectivity index (χ4v) is 3.10. The summed E-state index contributed by atoms with van der Waals surface area (Å²) in [7, 11) is 1.59. The first kappa shape index (κ1) is 21.1. The first-order valence-electron chi connectivity index (χ1n) is 9.74. The van der Waals surface area contributed by atoms with E-state index in [1.54, 1.807) is 54.5 Å². The van der Waals surface area contributed by atoms with Gasteiger partial charge in [0.25, 0.3) is 0 Å². The lowest BCUT2D eigenvalue weighted by atomic mass is 10.1. The number of esters is 1. The van der Waals surface area contributed by atoms with Gasteiger partial charge in [0, 0.05) is 19.0 Å². The molecule has 0 aromatic heterocycles. The van der Waals surface area contributed by atoms with Crippen LogP contribution in [-0.4, -0.2) is 49.5 Å². The molecule has 2 amide bonds. The normalized spacial score (nSPS) is 13.5. The van der Waals surface area contributed by atoms with Crippen LogP contribution in [0.5, 0.6) is 5.75 Å². The third-order valence-electron chi connectivity index (χ3n) is 4.71. The van der Waals surface area contributed by atoms with Gasteiger partial charge in [-0.25, -0.2) is 4.79 Å². The smallest absolute Gasteiger partial charge is 0.340 e. The highest BCUT2D eigenvalue weighted by Crippen LogP contribution is 2.17. The Morgan fingerprint density at radius 3 is 2.60 bits per heavy atom. The molecular formula is C23H24N2O5. The van der Waals surface area contributed by atoms with Crippen molar-refractivity contribution in [3.8, 4) is 5.75 Å². The second-order valence-corrected chi connectivity index (χ2v) is 6.76. The summed E-state index contributed by atoms with van der Waals surface area (Å²) in [5, 5.41) is 2.71. The number of hydrogen-bond donors (Lipinski definition) is 1. The van der Waals surface area contributed by atoms with Crippen LogP contribution in [0.2, 0.25) is 0 Å². The number of benzene rings is 2. The number of ether oxygens (including phenoxy) is 2. The molecule has 1 N–H and O–H groups in total. The van der Waals surface area contributed by atoms with Crippen molar-refractivity contribution >= 4 is 29.5 Å². The average Bonchev–Trinajstić information content (AvgIpc) is 3.17. The van der Waals surface area contributed by atoms with Gasteiger partial charge >= 0.3 is 5.97 Å². The van der Waals surface area contributed by atoms with Crippen LogP contribution < -0.4 is 10.1 Å². The summed E-state index contributed by atoms with van der Waals surface area (Å²) in [4.78, 5) is 38.0. The van der Waals surface area contributed by atoms with Gasteiger partial charge in [0.05, 0.1) is 24.9 Å². The average molecular weight is 408 g/mol. The molecule has 0 spiro atoms. The number of hydrogen-bond acceptors (Lipinski definition) is 5. The van der Waals surface area contributed by atoms with E-state index >= 15 is 0 Å². The molecule has 156 valence electrons. The van der Waals surface area contributed by atoms with Crippen molar-refractivity contribution in [3.05, 3.63) is 65.7 Å². The number of carbonyl (C=O) groups is 3. The molecule has 0 saturated carbocycles. The Morgan fingerprint density at radius 2 is 1.90 bits per heavy atom. The summed E-state index contributed by atoms with van der Waals surface area (Å²) < 4.78 is 10.4. The second kappa shape index (κ2) is 10.2. The molecule has 2 aromatic carbocycles. The van der Waals surface area contributed by atoms with Crippen LogP contribution >= 0.6 is 0 Å². The van der Waals surface area contributed by atoms with Crippen molar-refractivity contribution in [2.24, 2.45) is 0 Å². The first-order valence-corrected chi connectivity index (χ1v) is 9.74. The molecule has 0 radical (unpaired) electrons. The summed E-state index contributed by atoms with van der Waals surface area (Å²) in [6, 6.07) is 13.9. The Balaban J connectivity index is 1.56. The van der Waals surface area contributed by atoms with E-state index in [0.29, 0.717) is 25.2 Å². The van der Waals surface area contributed by atoms with Crippen LogP contribution in [-0.2, 0) is 14.3 Å². The van der Waals surface area contributed by atoms with E-state index in [9.17, 15) is 14.4 Å². The Labute approximate surface area is 175 Å². The van der Waals surface area contributed by atoms with Crippen LogP contribution in [0, 0.1) is 0 Å². The van der Waals surface area contributed by atoms with Gasteiger partial charge in [-0.15, -0.1) is 0 Å². The predicted molar refractivity (Wildman–Crippen MR) is 113 cm³/mol. The third kappa shape index (κ3) is 5.70. The minimum Gasteiger partial charge on any atom is -0.497 e. The van der Waals surface area contributed by atoms with Crippen molar-refractivity contribution in [3.63, 3.8) is 0 Å². The number of rotatable bonds is 8. The number of anilines is 1. The molecule has 1 aliphatic heterocycles. The van der Waals surface area contributed by atoms with Gasteiger partial charge in [-0.05, 0) is 42.3 Å². The zero-order valence-electron chi connectivity index (χ0n) is 16.8. The quantitative estimate of drug-likeness (QED) is 0.536. The van der Waals surface area contributed by atoms with Crippen molar-refractivity contribution in [1.29, 1.82) is 0 Å². The fraction of sp³-hybridized carbons (Fsp3) is 0.261. The molecule has 0 aliphatic carbocycles. The standard InChI is InChI=1S/C23H24N2O5/c1-29-18-11-8-17(9-12-18)10-13-21(26)24-20-6-3-2-5-19(20)23(28)30-16-15-25-14-4-7-22(25)27/h2-3,5-6,8-13H,4,7,14-16H2,1H3,(H,24,26). The molecule has 1 fully saturated rings.